The summed E-state index contributed by atoms with van der Waals surface area (Å²) in [6.07, 6.45) is 1.68. The topological polar surface area (TPSA) is 66.6 Å². The van der Waals surface area contributed by atoms with Crippen molar-refractivity contribution < 1.29 is 14.4 Å². The lowest BCUT2D eigenvalue weighted by Gasteiger charge is -2.20. The van der Waals surface area contributed by atoms with Crippen LogP contribution in [0.15, 0.2) is 4.52 Å². The number of rotatable bonds is 3. The summed E-state index contributed by atoms with van der Waals surface area (Å²) in [6, 6.07) is -0.353. The van der Waals surface area contributed by atoms with Crippen LogP contribution in [0.4, 0.5) is 0 Å². The van der Waals surface area contributed by atoms with E-state index in [1.165, 1.54) is 0 Å². The minimum Gasteiger partial charge on any atom is -0.480 e. The smallest absolute Gasteiger partial charge is 0.320 e. The number of aryl methyl sites for hydroxylation is 2. The van der Waals surface area contributed by atoms with Crippen molar-refractivity contribution in [1.82, 2.24) is 10.1 Å². The molecule has 88 valence electrons. The molecule has 1 fully saturated rings. The molecular weight excluding hydrogens is 208 g/mol. The predicted octanol–water partition coefficient (Wildman–Crippen LogP) is 1.34. The highest BCUT2D eigenvalue weighted by Gasteiger charge is 2.31. The van der Waals surface area contributed by atoms with Crippen LogP contribution in [0.2, 0.25) is 0 Å². The van der Waals surface area contributed by atoms with Crippen molar-refractivity contribution in [1.29, 1.82) is 0 Å². The van der Waals surface area contributed by atoms with Gasteiger partial charge in [0.25, 0.3) is 0 Å². The fourth-order valence-electron chi connectivity index (χ4n) is 2.23. The van der Waals surface area contributed by atoms with Crippen LogP contribution in [0.5, 0.6) is 0 Å². The van der Waals surface area contributed by atoms with Gasteiger partial charge < -0.3 is 9.63 Å². The van der Waals surface area contributed by atoms with Gasteiger partial charge in [0.15, 0.2) is 0 Å². The molecule has 0 aliphatic carbocycles. The summed E-state index contributed by atoms with van der Waals surface area (Å²) in [5.74, 6) is 0.0535. The molecule has 1 aromatic rings. The molecule has 2 rings (SSSR count). The Morgan fingerprint density at radius 1 is 1.62 bits per heavy atom. The minimum absolute atomic E-state index is 0.353. The van der Waals surface area contributed by atoms with Crippen LogP contribution in [0.1, 0.15) is 29.9 Å². The lowest BCUT2D eigenvalue weighted by atomic mass is 10.1. The molecule has 1 saturated heterocycles. The Labute approximate surface area is 94.0 Å². The second kappa shape index (κ2) is 4.25. The third-order valence-corrected chi connectivity index (χ3v) is 3.19. The van der Waals surface area contributed by atoms with Gasteiger partial charge in [0.05, 0.1) is 5.69 Å². The zero-order chi connectivity index (χ0) is 11.7. The van der Waals surface area contributed by atoms with Gasteiger partial charge in [-0.15, -0.1) is 0 Å². The van der Waals surface area contributed by atoms with E-state index in [-0.39, 0.29) is 6.04 Å². The van der Waals surface area contributed by atoms with Crippen LogP contribution in [0.25, 0.3) is 0 Å². The van der Waals surface area contributed by atoms with Crippen LogP contribution < -0.4 is 0 Å². The summed E-state index contributed by atoms with van der Waals surface area (Å²) in [5, 5.41) is 12.9. The van der Waals surface area contributed by atoms with Crippen molar-refractivity contribution in [3.05, 3.63) is 17.0 Å². The molecule has 0 amide bonds. The molecule has 1 aliphatic rings. The Morgan fingerprint density at radius 2 is 2.38 bits per heavy atom. The highest BCUT2D eigenvalue weighted by Crippen LogP contribution is 2.23. The molecule has 1 aliphatic heterocycles. The van der Waals surface area contributed by atoms with E-state index in [1.807, 2.05) is 18.7 Å². The first-order valence-electron chi connectivity index (χ1n) is 5.48. The van der Waals surface area contributed by atoms with Crippen LogP contribution >= 0.6 is 0 Å². The fourth-order valence-corrected chi connectivity index (χ4v) is 2.23. The number of carboxylic acid groups (broad SMARTS) is 1. The largest absolute Gasteiger partial charge is 0.480 e. The first-order valence-corrected chi connectivity index (χ1v) is 5.48. The zero-order valence-corrected chi connectivity index (χ0v) is 9.56. The number of carbonyl (C=O) groups is 1. The molecule has 0 unspecified atom stereocenters. The summed E-state index contributed by atoms with van der Waals surface area (Å²) >= 11 is 0. The number of aliphatic carboxylic acids is 1. The van der Waals surface area contributed by atoms with Gasteiger partial charge in [-0.1, -0.05) is 5.16 Å². The predicted molar refractivity (Wildman–Crippen MR) is 57.0 cm³/mol. The molecule has 1 aromatic heterocycles. The second-order valence-electron chi connectivity index (χ2n) is 4.27. The van der Waals surface area contributed by atoms with Gasteiger partial charge in [-0.2, -0.15) is 0 Å². The zero-order valence-electron chi connectivity index (χ0n) is 9.56. The molecule has 0 saturated carbocycles. The molecule has 0 bridgehead atoms. The Hall–Kier alpha value is -1.36. The quantitative estimate of drug-likeness (QED) is 0.839. The molecule has 1 atom stereocenters. The average molecular weight is 224 g/mol. The van der Waals surface area contributed by atoms with Crippen molar-refractivity contribution >= 4 is 5.97 Å². The van der Waals surface area contributed by atoms with E-state index in [2.05, 4.69) is 5.16 Å². The van der Waals surface area contributed by atoms with Crippen LogP contribution in [-0.2, 0) is 11.3 Å². The summed E-state index contributed by atoms with van der Waals surface area (Å²) in [6.45, 7) is 5.21. The van der Waals surface area contributed by atoms with E-state index in [1.54, 1.807) is 0 Å². The Balaban J connectivity index is 2.12. The Morgan fingerprint density at radius 3 is 2.94 bits per heavy atom. The summed E-state index contributed by atoms with van der Waals surface area (Å²) in [4.78, 5) is 13.0. The molecule has 2 heterocycles. The van der Waals surface area contributed by atoms with Crippen molar-refractivity contribution in [2.75, 3.05) is 6.54 Å². The standard InChI is InChI=1S/C11H16N2O3/c1-7-9(8(2)16-12-7)6-13-5-3-4-10(13)11(14)15/h10H,3-6H2,1-2H3,(H,14,15)/t10-/m0/s1. The molecule has 0 radical (unpaired) electrons. The lowest BCUT2D eigenvalue weighted by Crippen LogP contribution is -2.35. The molecule has 0 spiro atoms. The Bertz CT molecular complexity index is 380. The van der Waals surface area contributed by atoms with E-state index < -0.39 is 5.97 Å². The van der Waals surface area contributed by atoms with Gasteiger partial charge in [0.1, 0.15) is 11.8 Å². The maximum Gasteiger partial charge on any atom is 0.320 e. The maximum atomic E-state index is 11.0. The summed E-state index contributed by atoms with van der Waals surface area (Å²) in [5.41, 5.74) is 1.88. The minimum atomic E-state index is -0.732. The number of likely N-dealkylation sites (tertiary alicyclic amines) is 1. The SMILES string of the molecule is Cc1noc(C)c1CN1CCC[C@H]1C(=O)O. The Kier molecular flexibility index (Phi) is 2.96. The van der Waals surface area contributed by atoms with E-state index >= 15 is 0 Å². The average Bonchev–Trinajstić information content (AvgIpc) is 2.80. The van der Waals surface area contributed by atoms with Gasteiger partial charge in [0.2, 0.25) is 0 Å². The number of hydrogen-bond donors (Lipinski definition) is 1. The molecule has 0 aromatic carbocycles. The normalized spacial score (nSPS) is 21.5. The maximum absolute atomic E-state index is 11.0. The summed E-state index contributed by atoms with van der Waals surface area (Å²) in [7, 11) is 0. The van der Waals surface area contributed by atoms with Gasteiger partial charge in [-0.25, -0.2) is 0 Å². The molecule has 5 nitrogen and oxygen atoms in total. The molecular formula is C11H16N2O3. The van der Waals surface area contributed by atoms with Gasteiger partial charge in [0, 0.05) is 12.1 Å². The fraction of sp³-hybridized carbons (Fsp3) is 0.636. The first kappa shape index (κ1) is 11.1. The third kappa shape index (κ3) is 1.95. The first-order chi connectivity index (χ1) is 7.59. The van der Waals surface area contributed by atoms with E-state index in [0.717, 1.165) is 36.4 Å². The van der Waals surface area contributed by atoms with Gasteiger partial charge in [-0.05, 0) is 33.2 Å². The lowest BCUT2D eigenvalue weighted by molar-refractivity contribution is -0.142. The number of carboxylic acids is 1. The van der Waals surface area contributed by atoms with Crippen molar-refractivity contribution in [2.45, 2.75) is 39.3 Å². The van der Waals surface area contributed by atoms with Gasteiger partial charge >= 0.3 is 5.97 Å². The highest BCUT2D eigenvalue weighted by atomic mass is 16.5. The van der Waals surface area contributed by atoms with E-state index in [4.69, 9.17) is 9.63 Å². The van der Waals surface area contributed by atoms with Crippen molar-refractivity contribution in [2.24, 2.45) is 0 Å². The van der Waals surface area contributed by atoms with Gasteiger partial charge in [-0.3, -0.25) is 9.69 Å². The van der Waals surface area contributed by atoms with Crippen molar-refractivity contribution in [3.8, 4) is 0 Å². The van der Waals surface area contributed by atoms with Crippen molar-refractivity contribution in [3.63, 3.8) is 0 Å². The van der Waals surface area contributed by atoms with E-state index in [0.29, 0.717) is 6.54 Å². The summed E-state index contributed by atoms with van der Waals surface area (Å²) < 4.78 is 5.08. The third-order valence-electron chi connectivity index (χ3n) is 3.19. The molecule has 16 heavy (non-hydrogen) atoms. The molecule has 5 heteroatoms. The van der Waals surface area contributed by atoms with Crippen LogP contribution in [0, 0.1) is 13.8 Å². The highest BCUT2D eigenvalue weighted by molar-refractivity contribution is 5.73. The van der Waals surface area contributed by atoms with Crippen LogP contribution in [-0.4, -0.2) is 33.7 Å². The number of aromatic nitrogens is 1. The second-order valence-corrected chi connectivity index (χ2v) is 4.27. The number of hydrogen-bond acceptors (Lipinski definition) is 4. The van der Waals surface area contributed by atoms with Crippen LogP contribution in [0.3, 0.4) is 0 Å². The van der Waals surface area contributed by atoms with E-state index in [9.17, 15) is 4.79 Å². The number of nitrogens with zero attached hydrogens (tertiary/aromatic N) is 2. The molecule has 1 N–H and O–H groups in total. The monoisotopic (exact) mass is 224 g/mol.